The van der Waals surface area contributed by atoms with E-state index in [4.69, 9.17) is 9.47 Å². The lowest BCUT2D eigenvalue weighted by Crippen LogP contribution is -2.32. The highest BCUT2D eigenvalue weighted by Gasteiger charge is 2.30. The van der Waals surface area contributed by atoms with Crippen molar-refractivity contribution in [2.75, 3.05) is 27.4 Å². The fourth-order valence-corrected chi connectivity index (χ4v) is 1.89. The minimum atomic E-state index is -0.557. The zero-order valence-corrected chi connectivity index (χ0v) is 12.5. The molecule has 2 rings (SSSR count). The second-order valence-corrected chi connectivity index (χ2v) is 5.05. The molecule has 1 fully saturated rings. The van der Waals surface area contributed by atoms with Gasteiger partial charge in [0.1, 0.15) is 13.2 Å². The topological polar surface area (TPSA) is 86.5 Å². The van der Waals surface area contributed by atoms with Gasteiger partial charge in [0.25, 0.3) is 0 Å². The largest absolute Gasteiger partial charge is 0.458 e. The molecule has 0 atom stereocenters. The van der Waals surface area contributed by atoms with Gasteiger partial charge in [-0.15, -0.1) is 5.10 Å². The standard InChI is InChI=1S/C13H20N4O4/c1-9-12(13(19)21-7-6-20-3)14-15-17(9)8-11(18)16(2)10-4-5-10/h10H,4-8H2,1-3H3. The van der Waals surface area contributed by atoms with Gasteiger partial charge in [-0.05, 0) is 19.8 Å². The maximum absolute atomic E-state index is 12.0. The molecule has 1 heterocycles. The Morgan fingerprint density at radius 3 is 2.71 bits per heavy atom. The Balaban J connectivity index is 1.95. The third-order valence-electron chi connectivity index (χ3n) is 3.47. The first-order chi connectivity index (χ1) is 10.0. The van der Waals surface area contributed by atoms with Crippen molar-refractivity contribution >= 4 is 11.9 Å². The molecule has 21 heavy (non-hydrogen) atoms. The monoisotopic (exact) mass is 296 g/mol. The number of nitrogens with zero attached hydrogens (tertiary/aromatic N) is 4. The minimum absolute atomic E-state index is 0.0372. The second kappa shape index (κ2) is 6.66. The van der Waals surface area contributed by atoms with Gasteiger partial charge >= 0.3 is 5.97 Å². The molecular formula is C13H20N4O4. The molecule has 1 aliphatic rings. The van der Waals surface area contributed by atoms with Crippen molar-refractivity contribution in [1.82, 2.24) is 19.9 Å². The highest BCUT2D eigenvalue weighted by atomic mass is 16.6. The summed E-state index contributed by atoms with van der Waals surface area (Å²) in [7, 11) is 3.31. The van der Waals surface area contributed by atoms with Crippen molar-refractivity contribution in [2.24, 2.45) is 0 Å². The average molecular weight is 296 g/mol. The summed E-state index contributed by atoms with van der Waals surface area (Å²) in [6.07, 6.45) is 2.10. The van der Waals surface area contributed by atoms with Crippen molar-refractivity contribution in [3.05, 3.63) is 11.4 Å². The van der Waals surface area contributed by atoms with E-state index >= 15 is 0 Å². The molecule has 0 spiro atoms. The second-order valence-electron chi connectivity index (χ2n) is 5.05. The molecule has 0 bridgehead atoms. The molecule has 116 valence electrons. The maximum atomic E-state index is 12.0. The van der Waals surface area contributed by atoms with Gasteiger partial charge in [-0.1, -0.05) is 5.21 Å². The minimum Gasteiger partial charge on any atom is -0.458 e. The van der Waals surface area contributed by atoms with E-state index in [2.05, 4.69) is 10.3 Å². The first-order valence-corrected chi connectivity index (χ1v) is 6.86. The predicted molar refractivity (Wildman–Crippen MR) is 72.7 cm³/mol. The summed E-state index contributed by atoms with van der Waals surface area (Å²) in [6.45, 7) is 2.25. The molecule has 0 aromatic carbocycles. The lowest BCUT2D eigenvalue weighted by molar-refractivity contribution is -0.131. The van der Waals surface area contributed by atoms with Gasteiger partial charge in [-0.3, -0.25) is 4.79 Å². The molecule has 0 unspecified atom stereocenters. The number of carbonyl (C=O) groups is 2. The summed E-state index contributed by atoms with van der Waals surface area (Å²) in [6, 6.07) is 0.347. The van der Waals surface area contributed by atoms with Crippen molar-refractivity contribution in [3.8, 4) is 0 Å². The van der Waals surface area contributed by atoms with Crippen molar-refractivity contribution in [3.63, 3.8) is 0 Å². The molecule has 0 saturated heterocycles. The number of likely N-dealkylation sites (N-methyl/N-ethyl adjacent to an activating group) is 1. The summed E-state index contributed by atoms with van der Waals surface area (Å²) >= 11 is 0. The first kappa shape index (κ1) is 15.4. The van der Waals surface area contributed by atoms with Gasteiger partial charge in [0, 0.05) is 20.2 Å². The van der Waals surface area contributed by atoms with Crippen molar-refractivity contribution in [2.45, 2.75) is 32.4 Å². The third-order valence-corrected chi connectivity index (χ3v) is 3.47. The van der Waals surface area contributed by atoms with E-state index in [9.17, 15) is 9.59 Å². The van der Waals surface area contributed by atoms with E-state index in [1.165, 1.54) is 11.8 Å². The Bertz CT molecular complexity index is 524. The summed E-state index contributed by atoms with van der Waals surface area (Å²) in [5, 5.41) is 7.65. The van der Waals surface area contributed by atoms with Crippen LogP contribution in [-0.2, 0) is 20.8 Å². The van der Waals surface area contributed by atoms with Crippen LogP contribution in [0.5, 0.6) is 0 Å². The van der Waals surface area contributed by atoms with Crippen LogP contribution in [0.4, 0.5) is 0 Å². The fraction of sp³-hybridized carbons (Fsp3) is 0.692. The van der Waals surface area contributed by atoms with E-state index in [-0.39, 0.29) is 24.8 Å². The number of methoxy groups -OCH3 is 1. The van der Waals surface area contributed by atoms with E-state index in [1.54, 1.807) is 18.9 Å². The maximum Gasteiger partial charge on any atom is 0.360 e. The highest BCUT2D eigenvalue weighted by Crippen LogP contribution is 2.25. The molecule has 8 nitrogen and oxygen atoms in total. The molecule has 1 aliphatic carbocycles. The van der Waals surface area contributed by atoms with Crippen LogP contribution in [0.2, 0.25) is 0 Å². The van der Waals surface area contributed by atoms with Gasteiger partial charge in [-0.25, -0.2) is 9.48 Å². The zero-order valence-electron chi connectivity index (χ0n) is 12.5. The Kier molecular flexibility index (Phi) is 4.89. The summed E-state index contributed by atoms with van der Waals surface area (Å²) in [5.41, 5.74) is 0.656. The average Bonchev–Trinajstić information content (AvgIpc) is 3.24. The summed E-state index contributed by atoms with van der Waals surface area (Å²) in [5.74, 6) is -0.594. The highest BCUT2D eigenvalue weighted by molar-refractivity contribution is 5.88. The number of hydrogen-bond acceptors (Lipinski definition) is 6. The SMILES string of the molecule is COCCOC(=O)c1nnn(CC(=O)N(C)C2CC2)c1C. The van der Waals surface area contributed by atoms with E-state index in [0.717, 1.165) is 12.8 Å². The Morgan fingerprint density at radius 2 is 2.10 bits per heavy atom. The molecule has 1 saturated carbocycles. The van der Waals surface area contributed by atoms with E-state index in [0.29, 0.717) is 18.3 Å². The lowest BCUT2D eigenvalue weighted by atomic mass is 10.3. The summed E-state index contributed by atoms with van der Waals surface area (Å²) < 4.78 is 11.2. The normalized spacial score (nSPS) is 14.0. The molecule has 1 aromatic rings. The van der Waals surface area contributed by atoms with Crippen molar-refractivity contribution in [1.29, 1.82) is 0 Å². The number of rotatable bonds is 7. The van der Waals surface area contributed by atoms with Gasteiger partial charge < -0.3 is 14.4 Å². The molecular weight excluding hydrogens is 276 g/mol. The van der Waals surface area contributed by atoms with Gasteiger partial charge in [0.05, 0.1) is 12.3 Å². The number of aromatic nitrogens is 3. The predicted octanol–water partition coefficient (Wildman–Crippen LogP) is 0.0105. The van der Waals surface area contributed by atoms with Gasteiger partial charge in [0.2, 0.25) is 5.91 Å². The van der Waals surface area contributed by atoms with E-state index in [1.807, 2.05) is 0 Å². The number of carbonyl (C=O) groups excluding carboxylic acids is 2. The lowest BCUT2D eigenvalue weighted by Gasteiger charge is -2.16. The Hall–Kier alpha value is -1.96. The van der Waals surface area contributed by atoms with Crippen LogP contribution < -0.4 is 0 Å². The molecule has 0 aliphatic heterocycles. The van der Waals surface area contributed by atoms with Crippen LogP contribution in [0.25, 0.3) is 0 Å². The number of esters is 1. The van der Waals surface area contributed by atoms with Crippen LogP contribution in [0, 0.1) is 6.92 Å². The smallest absolute Gasteiger partial charge is 0.360 e. The molecule has 0 N–H and O–H groups in total. The zero-order chi connectivity index (χ0) is 15.4. The van der Waals surface area contributed by atoms with Gasteiger partial charge in [-0.2, -0.15) is 0 Å². The van der Waals surface area contributed by atoms with Crippen LogP contribution in [-0.4, -0.2) is 65.2 Å². The molecule has 0 radical (unpaired) electrons. The quantitative estimate of drug-likeness (QED) is 0.520. The van der Waals surface area contributed by atoms with Crippen molar-refractivity contribution < 1.29 is 19.1 Å². The van der Waals surface area contributed by atoms with Crippen LogP contribution in [0.3, 0.4) is 0 Å². The van der Waals surface area contributed by atoms with Gasteiger partial charge in [0.15, 0.2) is 5.69 Å². The number of amides is 1. The number of ether oxygens (including phenoxy) is 2. The Labute approximate surface area is 123 Å². The van der Waals surface area contributed by atoms with Crippen LogP contribution in [0.15, 0.2) is 0 Å². The van der Waals surface area contributed by atoms with E-state index < -0.39 is 5.97 Å². The first-order valence-electron chi connectivity index (χ1n) is 6.86. The Morgan fingerprint density at radius 1 is 1.38 bits per heavy atom. The number of hydrogen-bond donors (Lipinski definition) is 0. The fourth-order valence-electron chi connectivity index (χ4n) is 1.89. The summed E-state index contributed by atoms with van der Waals surface area (Å²) in [4.78, 5) is 25.6. The molecule has 1 amide bonds. The van der Waals surface area contributed by atoms with Crippen LogP contribution >= 0.6 is 0 Å². The van der Waals surface area contributed by atoms with Crippen LogP contribution in [0.1, 0.15) is 29.0 Å². The molecule has 1 aromatic heterocycles. The third kappa shape index (κ3) is 3.78. The molecule has 8 heteroatoms.